The van der Waals surface area contributed by atoms with Crippen molar-refractivity contribution in [3.8, 4) is 28.3 Å². The van der Waals surface area contributed by atoms with E-state index in [-0.39, 0.29) is 12.5 Å². The molecule has 1 unspecified atom stereocenters. The van der Waals surface area contributed by atoms with Gasteiger partial charge < -0.3 is 4.74 Å². The second kappa shape index (κ2) is 13.1. The smallest absolute Gasteiger partial charge is 0.159 e. The van der Waals surface area contributed by atoms with Crippen molar-refractivity contribution in [1.82, 2.24) is 9.97 Å². The molecule has 0 saturated heterocycles. The molecule has 0 bridgehead atoms. The summed E-state index contributed by atoms with van der Waals surface area (Å²) in [5.41, 5.74) is 4.43. The summed E-state index contributed by atoms with van der Waals surface area (Å²) >= 11 is 0. The first kappa shape index (κ1) is 24.9. The van der Waals surface area contributed by atoms with Crippen LogP contribution in [0.5, 0.6) is 5.75 Å². The second-order valence-electron chi connectivity index (χ2n) is 9.11. The average molecular weight is 449 g/mol. The Kier molecular flexibility index (Phi) is 9.86. The molecule has 0 radical (unpaired) electrons. The Labute approximate surface area is 198 Å². The van der Waals surface area contributed by atoms with Gasteiger partial charge in [-0.15, -0.1) is 0 Å². The largest absolute Gasteiger partial charge is 0.491 e. The molecule has 3 nitrogen and oxygen atoms in total. The van der Waals surface area contributed by atoms with Gasteiger partial charge in [0.15, 0.2) is 5.82 Å². The zero-order valence-corrected chi connectivity index (χ0v) is 20.3. The van der Waals surface area contributed by atoms with E-state index in [1.54, 1.807) is 0 Å². The molecule has 3 rings (SSSR count). The molecule has 0 N–H and O–H groups in total. The molecule has 0 saturated carbocycles. The Balaban J connectivity index is 1.52. The monoisotopic (exact) mass is 448 g/mol. The fourth-order valence-corrected chi connectivity index (χ4v) is 3.67. The van der Waals surface area contributed by atoms with Crippen LogP contribution >= 0.6 is 0 Å². The lowest BCUT2D eigenvalue weighted by Gasteiger charge is -2.13. The van der Waals surface area contributed by atoms with Crippen molar-refractivity contribution in [2.45, 2.75) is 71.9 Å². The minimum absolute atomic E-state index is 0.0484. The first-order valence-corrected chi connectivity index (χ1v) is 12.4. The van der Waals surface area contributed by atoms with Gasteiger partial charge in [0.1, 0.15) is 18.5 Å². The summed E-state index contributed by atoms with van der Waals surface area (Å²) in [6.07, 6.45) is 11.9. The standard InChI is InChI=1S/C29H37FN2O/c1-4-5-6-7-8-9-10-23-11-13-24(14-12-23)26-19-31-29(32-20-26)25-15-17-27(18-16-25)33-21-28(30)22(2)3/h11-20,22,28H,4-10,21H2,1-3H3. The Morgan fingerprint density at radius 3 is 2.00 bits per heavy atom. The molecule has 1 heterocycles. The fourth-order valence-electron chi connectivity index (χ4n) is 3.67. The summed E-state index contributed by atoms with van der Waals surface area (Å²) in [6, 6.07) is 16.2. The van der Waals surface area contributed by atoms with Crippen molar-refractivity contribution in [1.29, 1.82) is 0 Å². The van der Waals surface area contributed by atoms with Crippen LogP contribution in [0.25, 0.3) is 22.5 Å². The Morgan fingerprint density at radius 1 is 0.758 bits per heavy atom. The average Bonchev–Trinajstić information content (AvgIpc) is 2.85. The number of unbranched alkanes of at least 4 members (excludes halogenated alkanes) is 5. The molecule has 33 heavy (non-hydrogen) atoms. The molecule has 1 aromatic heterocycles. The molecule has 3 aromatic rings. The Bertz CT molecular complexity index is 937. The van der Waals surface area contributed by atoms with Crippen LogP contribution in [-0.2, 0) is 6.42 Å². The molecule has 0 aliphatic rings. The first-order valence-electron chi connectivity index (χ1n) is 12.4. The third kappa shape index (κ3) is 7.96. The number of hydrogen-bond donors (Lipinski definition) is 0. The van der Waals surface area contributed by atoms with Gasteiger partial charge in [-0.3, -0.25) is 0 Å². The predicted molar refractivity (Wildman–Crippen MR) is 135 cm³/mol. The molecule has 176 valence electrons. The molecule has 1 atom stereocenters. The van der Waals surface area contributed by atoms with Crippen molar-refractivity contribution in [3.05, 3.63) is 66.5 Å². The van der Waals surface area contributed by atoms with E-state index < -0.39 is 6.17 Å². The number of benzene rings is 2. The summed E-state index contributed by atoms with van der Waals surface area (Å²) in [7, 11) is 0. The van der Waals surface area contributed by atoms with E-state index in [2.05, 4.69) is 41.2 Å². The lowest BCUT2D eigenvalue weighted by molar-refractivity contribution is 0.155. The van der Waals surface area contributed by atoms with Crippen LogP contribution < -0.4 is 4.74 Å². The number of aryl methyl sites for hydroxylation is 1. The van der Waals surface area contributed by atoms with Crippen molar-refractivity contribution in [2.75, 3.05) is 6.61 Å². The first-order chi connectivity index (χ1) is 16.1. The zero-order chi connectivity index (χ0) is 23.5. The van der Waals surface area contributed by atoms with Gasteiger partial charge in [0, 0.05) is 23.5 Å². The molecule has 0 spiro atoms. The molecular weight excluding hydrogens is 411 g/mol. The third-order valence-corrected chi connectivity index (χ3v) is 6.00. The van der Waals surface area contributed by atoms with Gasteiger partial charge in [0.05, 0.1) is 0 Å². The van der Waals surface area contributed by atoms with Crippen LogP contribution in [0.4, 0.5) is 4.39 Å². The van der Waals surface area contributed by atoms with E-state index in [4.69, 9.17) is 4.74 Å². The SMILES string of the molecule is CCCCCCCCc1ccc(-c2cnc(-c3ccc(OCC(F)C(C)C)cc3)nc2)cc1. The van der Waals surface area contributed by atoms with Gasteiger partial charge in [0.2, 0.25) is 0 Å². The minimum Gasteiger partial charge on any atom is -0.491 e. The van der Waals surface area contributed by atoms with Crippen molar-refractivity contribution < 1.29 is 9.13 Å². The summed E-state index contributed by atoms with van der Waals surface area (Å²) in [4.78, 5) is 9.10. The van der Waals surface area contributed by atoms with E-state index in [0.717, 1.165) is 23.1 Å². The van der Waals surface area contributed by atoms with Crippen molar-refractivity contribution >= 4 is 0 Å². The normalized spacial score (nSPS) is 12.2. The highest BCUT2D eigenvalue weighted by molar-refractivity contribution is 5.64. The molecule has 0 aliphatic heterocycles. The predicted octanol–water partition coefficient (Wildman–Crippen LogP) is 8.09. The van der Waals surface area contributed by atoms with Gasteiger partial charge in [-0.25, -0.2) is 14.4 Å². The molecule has 0 aliphatic carbocycles. The lowest BCUT2D eigenvalue weighted by Crippen LogP contribution is -2.18. The summed E-state index contributed by atoms with van der Waals surface area (Å²) in [6.45, 7) is 6.03. The highest BCUT2D eigenvalue weighted by Gasteiger charge is 2.12. The number of halogens is 1. The highest BCUT2D eigenvalue weighted by Crippen LogP contribution is 2.23. The second-order valence-corrected chi connectivity index (χ2v) is 9.11. The lowest BCUT2D eigenvalue weighted by atomic mass is 10.0. The third-order valence-electron chi connectivity index (χ3n) is 6.00. The number of ether oxygens (including phenoxy) is 1. The van der Waals surface area contributed by atoms with Crippen LogP contribution in [0, 0.1) is 5.92 Å². The fraction of sp³-hybridized carbons (Fsp3) is 0.448. The van der Waals surface area contributed by atoms with Crippen LogP contribution in [0.3, 0.4) is 0 Å². The number of alkyl halides is 1. The van der Waals surface area contributed by atoms with E-state index >= 15 is 0 Å². The van der Waals surface area contributed by atoms with Crippen LogP contribution in [0.15, 0.2) is 60.9 Å². The number of rotatable bonds is 13. The van der Waals surface area contributed by atoms with Gasteiger partial charge in [-0.05, 0) is 54.2 Å². The summed E-state index contributed by atoms with van der Waals surface area (Å²) in [5, 5.41) is 0. The maximum atomic E-state index is 13.7. The molecular formula is C29H37FN2O. The molecule has 2 aromatic carbocycles. The maximum absolute atomic E-state index is 13.7. The Hall–Kier alpha value is -2.75. The molecule has 0 amide bonds. The van der Waals surface area contributed by atoms with Crippen LogP contribution in [0.1, 0.15) is 64.9 Å². The molecule has 4 heteroatoms. The minimum atomic E-state index is -0.967. The number of hydrogen-bond acceptors (Lipinski definition) is 3. The highest BCUT2D eigenvalue weighted by atomic mass is 19.1. The van der Waals surface area contributed by atoms with Gasteiger partial charge in [-0.1, -0.05) is 77.1 Å². The van der Waals surface area contributed by atoms with Crippen molar-refractivity contribution in [2.24, 2.45) is 5.92 Å². The number of aromatic nitrogens is 2. The zero-order valence-electron chi connectivity index (χ0n) is 20.3. The van der Waals surface area contributed by atoms with Crippen LogP contribution in [0.2, 0.25) is 0 Å². The summed E-state index contributed by atoms with van der Waals surface area (Å²) < 4.78 is 19.3. The van der Waals surface area contributed by atoms with E-state index in [1.807, 2.05) is 50.5 Å². The van der Waals surface area contributed by atoms with E-state index in [1.165, 1.54) is 44.1 Å². The Morgan fingerprint density at radius 2 is 1.36 bits per heavy atom. The van der Waals surface area contributed by atoms with E-state index in [9.17, 15) is 4.39 Å². The summed E-state index contributed by atoms with van der Waals surface area (Å²) in [5.74, 6) is 1.27. The molecule has 0 fully saturated rings. The van der Waals surface area contributed by atoms with Gasteiger partial charge >= 0.3 is 0 Å². The van der Waals surface area contributed by atoms with Gasteiger partial charge in [-0.2, -0.15) is 0 Å². The number of nitrogens with zero attached hydrogens (tertiary/aromatic N) is 2. The van der Waals surface area contributed by atoms with E-state index in [0.29, 0.717) is 11.6 Å². The maximum Gasteiger partial charge on any atom is 0.159 e. The van der Waals surface area contributed by atoms with Crippen LogP contribution in [-0.4, -0.2) is 22.7 Å². The van der Waals surface area contributed by atoms with Gasteiger partial charge in [0.25, 0.3) is 0 Å². The quantitative estimate of drug-likeness (QED) is 0.248. The van der Waals surface area contributed by atoms with Crippen molar-refractivity contribution in [3.63, 3.8) is 0 Å². The topological polar surface area (TPSA) is 35.0 Å².